The predicted molar refractivity (Wildman–Crippen MR) is 79.3 cm³/mol. The molecule has 100 valence electrons. The van der Waals surface area contributed by atoms with E-state index in [0.717, 1.165) is 24.8 Å². The summed E-state index contributed by atoms with van der Waals surface area (Å²) in [5.74, 6) is 0.770. The number of nitrogens with zero attached hydrogens (tertiary/aromatic N) is 1. The Balaban J connectivity index is 2.27. The SMILES string of the molecule is CC(C)CN(CCCCC(N)=S)C1CCCC1. The summed E-state index contributed by atoms with van der Waals surface area (Å²) in [6.45, 7) is 7.11. The molecule has 0 amide bonds. The van der Waals surface area contributed by atoms with Gasteiger partial charge in [0.25, 0.3) is 0 Å². The summed E-state index contributed by atoms with van der Waals surface area (Å²) >= 11 is 4.92. The molecule has 2 N–H and O–H groups in total. The normalized spacial score (nSPS) is 17.2. The monoisotopic (exact) mass is 256 g/mol. The van der Waals surface area contributed by atoms with E-state index in [4.69, 9.17) is 18.0 Å². The van der Waals surface area contributed by atoms with Gasteiger partial charge < -0.3 is 10.6 Å². The fraction of sp³-hybridized carbons (Fsp3) is 0.929. The molecule has 1 fully saturated rings. The van der Waals surface area contributed by atoms with Gasteiger partial charge in [-0.1, -0.05) is 38.9 Å². The zero-order valence-electron chi connectivity index (χ0n) is 11.5. The molecule has 3 heteroatoms. The molecule has 0 aromatic rings. The van der Waals surface area contributed by atoms with Crippen LogP contribution in [0.1, 0.15) is 58.8 Å². The molecular weight excluding hydrogens is 228 g/mol. The highest BCUT2D eigenvalue weighted by molar-refractivity contribution is 7.80. The first-order valence-electron chi connectivity index (χ1n) is 7.12. The van der Waals surface area contributed by atoms with Crippen molar-refractivity contribution in [3.63, 3.8) is 0 Å². The third-order valence-corrected chi connectivity index (χ3v) is 3.76. The third kappa shape index (κ3) is 6.37. The number of hydrogen-bond acceptors (Lipinski definition) is 2. The van der Waals surface area contributed by atoms with Gasteiger partial charge in [0.15, 0.2) is 0 Å². The lowest BCUT2D eigenvalue weighted by atomic mass is 10.1. The first kappa shape index (κ1) is 14.9. The van der Waals surface area contributed by atoms with Crippen molar-refractivity contribution < 1.29 is 0 Å². The van der Waals surface area contributed by atoms with Crippen molar-refractivity contribution in [2.45, 2.75) is 64.8 Å². The highest BCUT2D eigenvalue weighted by Crippen LogP contribution is 2.24. The van der Waals surface area contributed by atoms with Crippen LogP contribution in [0.4, 0.5) is 0 Å². The molecule has 0 bridgehead atoms. The van der Waals surface area contributed by atoms with Gasteiger partial charge in [0.1, 0.15) is 0 Å². The van der Waals surface area contributed by atoms with Gasteiger partial charge >= 0.3 is 0 Å². The Bertz CT molecular complexity index is 222. The number of nitrogens with two attached hydrogens (primary N) is 1. The molecule has 0 unspecified atom stereocenters. The van der Waals surface area contributed by atoms with E-state index in [1.807, 2.05) is 0 Å². The minimum absolute atomic E-state index is 0.668. The van der Waals surface area contributed by atoms with Crippen LogP contribution in [0.15, 0.2) is 0 Å². The number of hydrogen-bond donors (Lipinski definition) is 1. The molecule has 1 aliphatic carbocycles. The summed E-state index contributed by atoms with van der Waals surface area (Å²) in [6.07, 6.45) is 8.95. The first-order chi connectivity index (χ1) is 8.09. The highest BCUT2D eigenvalue weighted by atomic mass is 32.1. The van der Waals surface area contributed by atoms with Crippen LogP contribution in [0.25, 0.3) is 0 Å². The van der Waals surface area contributed by atoms with E-state index in [2.05, 4.69) is 18.7 Å². The van der Waals surface area contributed by atoms with Crippen molar-refractivity contribution in [3.8, 4) is 0 Å². The molecule has 1 saturated carbocycles. The maximum absolute atomic E-state index is 5.53. The van der Waals surface area contributed by atoms with Crippen molar-refractivity contribution in [3.05, 3.63) is 0 Å². The van der Waals surface area contributed by atoms with Crippen molar-refractivity contribution in [1.29, 1.82) is 0 Å². The van der Waals surface area contributed by atoms with Crippen LogP contribution in [-0.2, 0) is 0 Å². The van der Waals surface area contributed by atoms with Gasteiger partial charge in [-0.2, -0.15) is 0 Å². The molecule has 1 rings (SSSR count). The van der Waals surface area contributed by atoms with Crippen LogP contribution in [0.2, 0.25) is 0 Å². The first-order valence-corrected chi connectivity index (χ1v) is 7.52. The van der Waals surface area contributed by atoms with Crippen molar-refractivity contribution in [2.24, 2.45) is 11.7 Å². The van der Waals surface area contributed by atoms with E-state index >= 15 is 0 Å². The Morgan fingerprint density at radius 3 is 2.47 bits per heavy atom. The van der Waals surface area contributed by atoms with Gasteiger partial charge in [0.05, 0.1) is 4.99 Å². The molecule has 0 atom stereocenters. The van der Waals surface area contributed by atoms with Crippen LogP contribution in [0, 0.1) is 5.92 Å². The van der Waals surface area contributed by atoms with Crippen LogP contribution >= 0.6 is 12.2 Å². The van der Waals surface area contributed by atoms with Crippen molar-refractivity contribution >= 4 is 17.2 Å². The molecule has 0 saturated heterocycles. The van der Waals surface area contributed by atoms with Gasteiger partial charge in [0, 0.05) is 12.6 Å². The van der Waals surface area contributed by atoms with Gasteiger partial charge in [-0.25, -0.2) is 0 Å². The molecule has 0 aromatic heterocycles. The standard InChI is InChI=1S/C14H28N2S/c1-12(2)11-16(13-7-3-4-8-13)10-6-5-9-14(15)17/h12-13H,3-11H2,1-2H3,(H2,15,17). The average molecular weight is 256 g/mol. The summed E-state index contributed by atoms with van der Waals surface area (Å²) in [5, 5.41) is 0. The van der Waals surface area contributed by atoms with E-state index in [-0.39, 0.29) is 0 Å². The molecule has 0 heterocycles. The molecule has 2 nitrogen and oxygen atoms in total. The molecule has 0 spiro atoms. The molecular formula is C14H28N2S. The zero-order chi connectivity index (χ0) is 12.7. The largest absolute Gasteiger partial charge is 0.393 e. The molecule has 0 aromatic carbocycles. The quantitative estimate of drug-likeness (QED) is 0.533. The van der Waals surface area contributed by atoms with E-state index in [1.54, 1.807) is 0 Å². The van der Waals surface area contributed by atoms with Crippen LogP contribution < -0.4 is 5.73 Å². The topological polar surface area (TPSA) is 29.3 Å². The second-order valence-electron chi connectivity index (χ2n) is 5.75. The maximum atomic E-state index is 5.53. The Morgan fingerprint density at radius 2 is 1.94 bits per heavy atom. The number of rotatable bonds is 8. The Morgan fingerprint density at radius 1 is 1.29 bits per heavy atom. The second-order valence-corrected chi connectivity index (χ2v) is 6.27. The molecule has 0 aliphatic heterocycles. The Hall–Kier alpha value is -0.150. The lowest BCUT2D eigenvalue weighted by Gasteiger charge is -2.30. The van der Waals surface area contributed by atoms with Crippen molar-refractivity contribution in [1.82, 2.24) is 4.90 Å². The van der Waals surface area contributed by atoms with Crippen LogP contribution in [-0.4, -0.2) is 29.0 Å². The summed E-state index contributed by atoms with van der Waals surface area (Å²) in [6, 6.07) is 0.849. The summed E-state index contributed by atoms with van der Waals surface area (Å²) in [7, 11) is 0. The number of unbranched alkanes of at least 4 members (excludes halogenated alkanes) is 1. The minimum Gasteiger partial charge on any atom is -0.393 e. The van der Waals surface area contributed by atoms with Gasteiger partial charge in [-0.05, 0) is 44.6 Å². The van der Waals surface area contributed by atoms with Crippen LogP contribution in [0.3, 0.4) is 0 Å². The summed E-state index contributed by atoms with van der Waals surface area (Å²) in [5.41, 5.74) is 5.53. The van der Waals surface area contributed by atoms with Crippen LogP contribution in [0.5, 0.6) is 0 Å². The zero-order valence-corrected chi connectivity index (χ0v) is 12.3. The summed E-state index contributed by atoms with van der Waals surface area (Å²) < 4.78 is 0. The maximum Gasteiger partial charge on any atom is 0.0727 e. The van der Waals surface area contributed by atoms with Gasteiger partial charge in [0.2, 0.25) is 0 Å². The third-order valence-electron chi connectivity index (χ3n) is 3.56. The molecule has 0 radical (unpaired) electrons. The molecule has 1 aliphatic rings. The molecule has 17 heavy (non-hydrogen) atoms. The fourth-order valence-corrected chi connectivity index (χ4v) is 2.92. The summed E-state index contributed by atoms with van der Waals surface area (Å²) in [4.78, 5) is 3.37. The van der Waals surface area contributed by atoms with Crippen molar-refractivity contribution in [2.75, 3.05) is 13.1 Å². The minimum atomic E-state index is 0.668. The van der Waals surface area contributed by atoms with Gasteiger partial charge in [-0.3, -0.25) is 0 Å². The average Bonchev–Trinajstić information content (AvgIpc) is 2.74. The Kier molecular flexibility index (Phi) is 7.05. The smallest absolute Gasteiger partial charge is 0.0727 e. The number of thiocarbonyl (C=S) groups is 1. The van der Waals surface area contributed by atoms with E-state index < -0.39 is 0 Å². The predicted octanol–water partition coefficient (Wildman–Crippen LogP) is 3.34. The van der Waals surface area contributed by atoms with E-state index in [1.165, 1.54) is 45.2 Å². The van der Waals surface area contributed by atoms with E-state index in [9.17, 15) is 0 Å². The second kappa shape index (κ2) is 8.04. The lowest BCUT2D eigenvalue weighted by molar-refractivity contribution is 0.174. The highest BCUT2D eigenvalue weighted by Gasteiger charge is 2.22. The Labute approximate surface area is 112 Å². The van der Waals surface area contributed by atoms with Gasteiger partial charge in [-0.15, -0.1) is 0 Å². The lowest BCUT2D eigenvalue weighted by Crippen LogP contribution is -2.37. The fourth-order valence-electron chi connectivity index (χ4n) is 2.78. The van der Waals surface area contributed by atoms with E-state index in [0.29, 0.717) is 4.99 Å².